The molecule has 0 aliphatic rings. The van der Waals surface area contributed by atoms with E-state index in [1.54, 1.807) is 0 Å². The lowest BCUT2D eigenvalue weighted by Crippen LogP contribution is -2.24. The van der Waals surface area contributed by atoms with Gasteiger partial charge in [-0.2, -0.15) is 0 Å². The molecule has 0 aliphatic heterocycles. The normalized spacial score (nSPS) is 11.1. The maximum absolute atomic E-state index is 12.7. The zero-order chi connectivity index (χ0) is 20.1. The maximum Gasteiger partial charge on any atom is 0.261 e. The van der Waals surface area contributed by atoms with Gasteiger partial charge in [-0.25, -0.2) is 4.98 Å². The third kappa shape index (κ3) is 4.74. The van der Waals surface area contributed by atoms with Crippen LogP contribution in [0.5, 0.6) is 0 Å². The Labute approximate surface area is 175 Å². The molecule has 0 spiro atoms. The first-order valence-corrected chi connectivity index (χ1v) is 10.9. The number of thiophene rings is 1. The molecule has 4 rings (SSSR count). The van der Waals surface area contributed by atoms with Gasteiger partial charge in [0.15, 0.2) is 0 Å². The molecule has 148 valence electrons. The van der Waals surface area contributed by atoms with E-state index in [2.05, 4.69) is 52.5 Å². The van der Waals surface area contributed by atoms with Crippen LogP contribution in [0.2, 0.25) is 0 Å². The van der Waals surface area contributed by atoms with E-state index < -0.39 is 0 Å². The number of aromatic amines is 1. The van der Waals surface area contributed by atoms with Crippen LogP contribution in [0.15, 0.2) is 60.2 Å². The quantitative estimate of drug-likeness (QED) is 0.393. The number of nitrogens with one attached hydrogen (secondary N) is 2. The smallest absolute Gasteiger partial charge is 0.261 e. The van der Waals surface area contributed by atoms with Crippen molar-refractivity contribution in [3.63, 3.8) is 0 Å². The molecule has 0 radical (unpaired) electrons. The van der Waals surface area contributed by atoms with Gasteiger partial charge in [0, 0.05) is 24.3 Å². The molecule has 29 heavy (non-hydrogen) atoms. The number of fused-ring (bicyclic) bond motifs is 1. The van der Waals surface area contributed by atoms with Gasteiger partial charge in [0.25, 0.3) is 5.91 Å². The Kier molecular flexibility index (Phi) is 6.06. The minimum atomic E-state index is 0.0321. The highest BCUT2D eigenvalue weighted by atomic mass is 32.1. The van der Waals surface area contributed by atoms with Crippen LogP contribution in [0.1, 0.15) is 44.8 Å². The largest absolute Gasteiger partial charge is 0.351 e. The average Bonchev–Trinajstić information content (AvgIpc) is 3.39. The number of hydrogen-bond donors (Lipinski definition) is 2. The minimum Gasteiger partial charge on any atom is -0.351 e. The molecule has 0 aliphatic carbocycles. The zero-order valence-electron chi connectivity index (χ0n) is 16.6. The summed E-state index contributed by atoms with van der Waals surface area (Å²) in [5, 5.41) is 6.20. The number of carbonyl (C=O) groups excluding carboxylic acids is 1. The van der Waals surface area contributed by atoms with E-state index in [4.69, 9.17) is 0 Å². The van der Waals surface area contributed by atoms with E-state index in [-0.39, 0.29) is 5.91 Å². The van der Waals surface area contributed by atoms with E-state index in [9.17, 15) is 4.79 Å². The second-order valence-electron chi connectivity index (χ2n) is 7.36. The highest BCUT2D eigenvalue weighted by molar-refractivity contribution is 7.12. The number of unbranched alkanes of at least 4 members (excludes halogenated alkanes) is 1. The number of nitrogens with zero attached hydrogens (tertiary/aromatic N) is 1. The van der Waals surface area contributed by atoms with E-state index in [0.717, 1.165) is 47.2 Å². The lowest BCUT2D eigenvalue weighted by molar-refractivity contribution is 0.0956. The standard InChI is InChI=1S/C24H25N3OS/c1-17-5-7-18(8-6-17)4-2-3-12-27-24(28)22-20(11-15-29-22)16-19-9-13-25-23-21(19)10-14-26-23/h5-11,13-15H,2-4,12,16H2,1H3,(H,25,26)(H,27,28). The Balaban J connectivity index is 1.30. The van der Waals surface area contributed by atoms with Crippen molar-refractivity contribution in [1.82, 2.24) is 15.3 Å². The number of aryl methyl sites for hydroxylation is 2. The van der Waals surface area contributed by atoms with Crippen molar-refractivity contribution in [2.24, 2.45) is 0 Å². The summed E-state index contributed by atoms with van der Waals surface area (Å²) in [6, 6.07) is 14.8. The van der Waals surface area contributed by atoms with Crippen molar-refractivity contribution in [1.29, 1.82) is 0 Å². The first-order chi connectivity index (χ1) is 14.2. The molecule has 1 amide bonds. The van der Waals surface area contributed by atoms with E-state index in [0.29, 0.717) is 6.54 Å². The number of benzene rings is 1. The van der Waals surface area contributed by atoms with Gasteiger partial charge < -0.3 is 10.3 Å². The van der Waals surface area contributed by atoms with E-state index >= 15 is 0 Å². The van der Waals surface area contributed by atoms with Gasteiger partial charge in [0.2, 0.25) is 0 Å². The Hall–Kier alpha value is -2.92. The first kappa shape index (κ1) is 19.4. The van der Waals surface area contributed by atoms with Crippen LogP contribution in [-0.4, -0.2) is 22.4 Å². The van der Waals surface area contributed by atoms with Gasteiger partial charge in [-0.1, -0.05) is 29.8 Å². The molecule has 0 fully saturated rings. The number of rotatable bonds is 8. The molecule has 4 aromatic rings. The van der Waals surface area contributed by atoms with Crippen LogP contribution >= 0.6 is 11.3 Å². The second kappa shape index (κ2) is 9.05. The molecule has 0 bridgehead atoms. The van der Waals surface area contributed by atoms with Crippen LogP contribution in [-0.2, 0) is 12.8 Å². The SMILES string of the molecule is Cc1ccc(CCCCNC(=O)c2sccc2Cc2ccnc3[nH]ccc23)cc1. The number of amides is 1. The molecule has 2 N–H and O–H groups in total. The fraction of sp³-hybridized carbons (Fsp3) is 0.250. The molecule has 1 aromatic carbocycles. The number of H-pyrrole nitrogens is 1. The third-order valence-corrected chi connectivity index (χ3v) is 6.14. The highest BCUT2D eigenvalue weighted by Gasteiger charge is 2.14. The molecular formula is C24H25N3OS. The van der Waals surface area contributed by atoms with Crippen LogP contribution in [0.3, 0.4) is 0 Å². The monoisotopic (exact) mass is 403 g/mol. The topological polar surface area (TPSA) is 57.8 Å². The molecule has 3 heterocycles. The average molecular weight is 404 g/mol. The Bertz CT molecular complexity index is 1090. The summed E-state index contributed by atoms with van der Waals surface area (Å²) >= 11 is 1.51. The third-order valence-electron chi connectivity index (χ3n) is 5.18. The van der Waals surface area contributed by atoms with Gasteiger partial charge in [-0.3, -0.25) is 4.79 Å². The molecule has 0 unspecified atom stereocenters. The first-order valence-electron chi connectivity index (χ1n) is 10.0. The van der Waals surface area contributed by atoms with Gasteiger partial charge >= 0.3 is 0 Å². The van der Waals surface area contributed by atoms with Crippen LogP contribution in [0.4, 0.5) is 0 Å². The number of pyridine rings is 1. The predicted molar refractivity (Wildman–Crippen MR) is 120 cm³/mol. The highest BCUT2D eigenvalue weighted by Crippen LogP contribution is 2.24. The number of hydrogen-bond acceptors (Lipinski definition) is 3. The molecule has 5 heteroatoms. The molecule has 3 aromatic heterocycles. The number of aromatic nitrogens is 2. The van der Waals surface area contributed by atoms with E-state index in [1.807, 2.05) is 29.9 Å². The summed E-state index contributed by atoms with van der Waals surface area (Å²) in [4.78, 5) is 21.0. The van der Waals surface area contributed by atoms with Gasteiger partial charge in [0.05, 0.1) is 4.88 Å². The summed E-state index contributed by atoms with van der Waals surface area (Å²) in [5.41, 5.74) is 5.78. The van der Waals surface area contributed by atoms with Crippen molar-refractivity contribution in [3.8, 4) is 0 Å². The molecule has 0 saturated heterocycles. The number of carbonyl (C=O) groups is 1. The predicted octanol–water partition coefficient (Wildman–Crippen LogP) is 5.28. The summed E-state index contributed by atoms with van der Waals surface area (Å²) < 4.78 is 0. The summed E-state index contributed by atoms with van der Waals surface area (Å²) in [6.07, 6.45) is 7.55. The second-order valence-corrected chi connectivity index (χ2v) is 8.28. The van der Waals surface area contributed by atoms with Gasteiger partial charge in [-0.05, 0) is 72.9 Å². The summed E-state index contributed by atoms with van der Waals surface area (Å²) in [7, 11) is 0. The summed E-state index contributed by atoms with van der Waals surface area (Å²) in [5.74, 6) is 0.0321. The van der Waals surface area contributed by atoms with Crippen LogP contribution < -0.4 is 5.32 Å². The Morgan fingerprint density at radius 3 is 2.79 bits per heavy atom. The van der Waals surface area contributed by atoms with Crippen molar-refractivity contribution in [2.45, 2.75) is 32.6 Å². The Morgan fingerprint density at radius 2 is 1.93 bits per heavy atom. The van der Waals surface area contributed by atoms with Gasteiger partial charge in [0.1, 0.15) is 5.65 Å². The fourth-order valence-corrected chi connectivity index (χ4v) is 4.38. The Morgan fingerprint density at radius 1 is 1.07 bits per heavy atom. The lowest BCUT2D eigenvalue weighted by Gasteiger charge is -2.07. The molecule has 0 saturated carbocycles. The van der Waals surface area contributed by atoms with Crippen molar-refractivity contribution in [3.05, 3.63) is 87.4 Å². The van der Waals surface area contributed by atoms with Crippen molar-refractivity contribution >= 4 is 28.3 Å². The lowest BCUT2D eigenvalue weighted by atomic mass is 10.0. The fourth-order valence-electron chi connectivity index (χ4n) is 3.54. The summed E-state index contributed by atoms with van der Waals surface area (Å²) in [6.45, 7) is 2.81. The molecule has 0 atom stereocenters. The molecular weight excluding hydrogens is 378 g/mol. The zero-order valence-corrected chi connectivity index (χ0v) is 17.4. The van der Waals surface area contributed by atoms with Crippen LogP contribution in [0, 0.1) is 6.92 Å². The van der Waals surface area contributed by atoms with E-state index in [1.165, 1.54) is 28.0 Å². The minimum absolute atomic E-state index is 0.0321. The van der Waals surface area contributed by atoms with Crippen LogP contribution in [0.25, 0.3) is 11.0 Å². The molecule has 4 nitrogen and oxygen atoms in total. The maximum atomic E-state index is 12.7. The van der Waals surface area contributed by atoms with Crippen molar-refractivity contribution in [2.75, 3.05) is 6.54 Å². The van der Waals surface area contributed by atoms with Gasteiger partial charge in [-0.15, -0.1) is 11.3 Å². The van der Waals surface area contributed by atoms with Crippen molar-refractivity contribution < 1.29 is 4.79 Å².